The molecule has 1 aromatic rings. The van der Waals surface area contributed by atoms with Gasteiger partial charge in [-0.1, -0.05) is 6.07 Å². The second-order valence-corrected chi connectivity index (χ2v) is 12.1. The summed E-state index contributed by atoms with van der Waals surface area (Å²) in [5.41, 5.74) is 2.18. The van der Waals surface area contributed by atoms with Gasteiger partial charge in [0.2, 0.25) is 5.91 Å². The average molecular weight is 743 g/mol. The zero-order valence-corrected chi connectivity index (χ0v) is 27.6. The molecule has 0 aliphatic carbocycles. The van der Waals surface area contributed by atoms with Crippen LogP contribution in [0.15, 0.2) is 26.6 Å². The van der Waals surface area contributed by atoms with Gasteiger partial charge in [-0.05, 0) is 30.2 Å². The van der Waals surface area contributed by atoms with Crippen LogP contribution >= 0.6 is 44.7 Å². The number of rotatable bonds is 19. The topological polar surface area (TPSA) is 156 Å². The summed E-state index contributed by atoms with van der Waals surface area (Å²) in [6.45, 7) is 6.97. The van der Waals surface area contributed by atoms with E-state index in [1.165, 1.54) is 11.8 Å². The summed E-state index contributed by atoms with van der Waals surface area (Å²) in [5.74, 6) is 0.929. The van der Waals surface area contributed by atoms with Gasteiger partial charge in [0.1, 0.15) is 5.75 Å². The Labute approximate surface area is 266 Å². The number of alkyl halides is 1. The van der Waals surface area contributed by atoms with Crippen molar-refractivity contribution >= 4 is 56.6 Å². The third-order valence-corrected chi connectivity index (χ3v) is 8.99. The van der Waals surface area contributed by atoms with Crippen molar-refractivity contribution in [1.82, 2.24) is 15.5 Å². The van der Waals surface area contributed by atoms with Crippen LogP contribution in [0.2, 0.25) is 0 Å². The number of hydrogen-bond donors (Lipinski definition) is 3. The van der Waals surface area contributed by atoms with Crippen LogP contribution in [-0.4, -0.2) is 113 Å². The van der Waals surface area contributed by atoms with Crippen LogP contribution in [0.1, 0.15) is 30.0 Å². The van der Waals surface area contributed by atoms with Gasteiger partial charge in [0.25, 0.3) is 0 Å². The van der Waals surface area contributed by atoms with Crippen LogP contribution in [0.3, 0.4) is 0 Å². The van der Waals surface area contributed by atoms with E-state index in [0.717, 1.165) is 16.9 Å². The monoisotopic (exact) mass is 742 g/mol. The molecule has 3 N–H and O–H groups in total. The number of halogens is 2. The molecule has 16 heteroatoms. The fourth-order valence-electron chi connectivity index (χ4n) is 4.55. The lowest BCUT2D eigenvalue weighted by molar-refractivity contribution is -0.131. The first-order valence-corrected chi connectivity index (χ1v) is 17.2. The van der Waals surface area contributed by atoms with Crippen LogP contribution in [-0.2, 0) is 23.7 Å². The summed E-state index contributed by atoms with van der Waals surface area (Å²) in [6, 6.07) is 5.57. The summed E-state index contributed by atoms with van der Waals surface area (Å²) < 4.78 is 38.6. The molecule has 13 nitrogen and oxygen atoms in total. The number of benzene rings is 1. The second-order valence-electron chi connectivity index (χ2n) is 9.45. The molecule has 236 valence electrons. The van der Waals surface area contributed by atoms with Crippen molar-refractivity contribution in [2.24, 2.45) is 8.44 Å². The second kappa shape index (κ2) is 19.6. The van der Waals surface area contributed by atoms with Crippen LogP contribution in [0.25, 0.3) is 0 Å². The molecular weight excluding hydrogens is 703 g/mol. The van der Waals surface area contributed by atoms with Gasteiger partial charge in [-0.25, -0.2) is 4.79 Å². The Morgan fingerprint density at radius 1 is 1.12 bits per heavy atom. The number of urea groups is 1. The third-order valence-electron chi connectivity index (χ3n) is 6.70. The van der Waals surface area contributed by atoms with Gasteiger partial charge < -0.3 is 39.2 Å². The average Bonchev–Trinajstić information content (AvgIpc) is 3.00. The van der Waals surface area contributed by atoms with Crippen molar-refractivity contribution in [3.05, 3.63) is 29.3 Å². The van der Waals surface area contributed by atoms with Gasteiger partial charge in [-0.3, -0.25) is 8.36 Å². The molecule has 1 saturated heterocycles. The van der Waals surface area contributed by atoms with Crippen molar-refractivity contribution in [3.8, 4) is 5.75 Å². The van der Waals surface area contributed by atoms with E-state index in [1.54, 1.807) is 7.11 Å². The van der Waals surface area contributed by atoms with Crippen LogP contribution in [0, 0.1) is 3.56 Å². The number of nitrogens with zero attached hydrogens (tertiary/aromatic N) is 3. The molecule has 2 heterocycles. The minimum atomic E-state index is -0.893. The van der Waals surface area contributed by atoms with Gasteiger partial charge in [0.15, 0.2) is 21.3 Å². The number of ether oxygens (including phenoxy) is 5. The fraction of sp³-hybridized carbons (Fsp3) is 0.692. The number of carbonyl (C=O) groups is 2. The van der Waals surface area contributed by atoms with E-state index < -0.39 is 21.3 Å². The lowest BCUT2D eigenvalue weighted by atomic mass is 9.86. The summed E-state index contributed by atoms with van der Waals surface area (Å²) in [5, 5.41) is 8.62. The Hall–Kier alpha value is -1.63. The van der Waals surface area contributed by atoms with E-state index >= 15 is 0 Å². The Bertz CT molecular complexity index is 1040. The Kier molecular flexibility index (Phi) is 16.3. The molecule has 2 aliphatic rings. The van der Waals surface area contributed by atoms with Crippen molar-refractivity contribution in [3.63, 3.8) is 0 Å². The standard InChI is InChI=1S/C26H40ClIN6O7S/c1-18-21-4-3-20(37-2)13-22(21)19(15-34(18)24(35)17-42-25-23(27)14-30-26(36)32-25)16-41-12-11-40-10-9-39-8-7-38-6-5-31-33-28-29/h3-4,13,18-19,23,25,29H,5-12,14-17H2,1-2H3,(H2,30,32,36)/t18-,19+,23?,25?/m0/s1. The van der Waals surface area contributed by atoms with Gasteiger partial charge in [-0.2, -0.15) is 5.11 Å². The largest absolute Gasteiger partial charge is 0.497 e. The molecule has 1 fully saturated rings. The first-order chi connectivity index (χ1) is 20.4. The van der Waals surface area contributed by atoms with E-state index in [0.29, 0.717) is 72.5 Å². The van der Waals surface area contributed by atoms with Gasteiger partial charge >= 0.3 is 6.03 Å². The lowest BCUT2D eigenvalue weighted by Gasteiger charge is -2.40. The number of thioether (sulfide) groups is 1. The van der Waals surface area contributed by atoms with Gasteiger partial charge in [0, 0.05) is 19.0 Å². The first-order valence-electron chi connectivity index (χ1n) is 13.7. The van der Waals surface area contributed by atoms with Crippen molar-refractivity contribution in [1.29, 1.82) is 3.56 Å². The molecule has 1 aromatic carbocycles. The lowest BCUT2D eigenvalue weighted by Crippen LogP contribution is -2.54. The zero-order chi connectivity index (χ0) is 30.2. The van der Waals surface area contributed by atoms with E-state index in [1.807, 2.05) is 30.0 Å². The molecule has 0 spiro atoms. The number of amides is 3. The van der Waals surface area contributed by atoms with Crippen LogP contribution in [0.5, 0.6) is 5.75 Å². The highest BCUT2D eigenvalue weighted by atomic mass is 127. The highest BCUT2D eigenvalue weighted by Gasteiger charge is 2.35. The van der Waals surface area contributed by atoms with Crippen LogP contribution in [0.4, 0.5) is 4.79 Å². The SMILES string of the molecule is COc1ccc2c(c1)[C@@H](COCCOCCOCCOCCN=NI=N)CN(C(=O)CSC1NC(=O)NCC1Cl)[C@H]2C. The maximum absolute atomic E-state index is 13.3. The zero-order valence-electron chi connectivity index (χ0n) is 23.9. The number of methoxy groups -OCH3 is 1. The summed E-state index contributed by atoms with van der Waals surface area (Å²) in [7, 11) is 1.64. The molecule has 0 bridgehead atoms. The van der Waals surface area contributed by atoms with Crippen molar-refractivity contribution in [2.75, 3.05) is 85.4 Å². The molecule has 4 atom stereocenters. The van der Waals surface area contributed by atoms with Gasteiger partial charge in [0.05, 0.1) is 89.1 Å². The van der Waals surface area contributed by atoms with Crippen molar-refractivity contribution < 1.29 is 33.3 Å². The Morgan fingerprint density at radius 2 is 1.81 bits per heavy atom. The number of fused-ring (bicyclic) bond motifs is 1. The Morgan fingerprint density at radius 3 is 2.50 bits per heavy atom. The third kappa shape index (κ3) is 11.5. The fourth-order valence-corrected chi connectivity index (χ4v) is 6.26. The quantitative estimate of drug-likeness (QED) is 0.0837. The molecule has 3 amide bonds. The molecular formula is C26H40ClIN6O7S. The molecule has 42 heavy (non-hydrogen) atoms. The summed E-state index contributed by atoms with van der Waals surface area (Å²) in [6.07, 6.45) is 0. The molecule has 0 aromatic heterocycles. The maximum atomic E-state index is 13.3. The summed E-state index contributed by atoms with van der Waals surface area (Å²) in [4.78, 5) is 26.9. The first kappa shape index (κ1) is 34.9. The van der Waals surface area contributed by atoms with Crippen molar-refractivity contribution in [2.45, 2.75) is 29.6 Å². The van der Waals surface area contributed by atoms with E-state index in [4.69, 9.17) is 38.8 Å². The maximum Gasteiger partial charge on any atom is 0.315 e. The number of nitrogens with one attached hydrogen (secondary N) is 3. The highest BCUT2D eigenvalue weighted by molar-refractivity contribution is 14.1. The Balaban J connectivity index is 1.40. The van der Waals surface area contributed by atoms with Gasteiger partial charge in [-0.15, -0.1) is 26.7 Å². The molecule has 3 rings (SSSR count). The number of hydrogen-bond acceptors (Lipinski definition) is 10. The van der Waals surface area contributed by atoms with E-state index in [2.05, 4.69) is 19.1 Å². The van der Waals surface area contributed by atoms with Crippen LogP contribution < -0.4 is 15.4 Å². The summed E-state index contributed by atoms with van der Waals surface area (Å²) >= 11 is 6.79. The predicted molar refractivity (Wildman–Crippen MR) is 168 cm³/mol. The number of carbonyl (C=O) groups excluding carboxylic acids is 2. The predicted octanol–water partition coefficient (Wildman–Crippen LogP) is 3.83. The minimum Gasteiger partial charge on any atom is -0.497 e. The van der Waals surface area contributed by atoms with E-state index in [-0.39, 0.29) is 40.4 Å². The molecule has 2 aliphatic heterocycles. The minimum absolute atomic E-state index is 0.0137. The molecule has 0 saturated carbocycles. The normalized spacial score (nSPS) is 22.1. The smallest absolute Gasteiger partial charge is 0.315 e. The molecule has 0 radical (unpaired) electrons. The van der Waals surface area contributed by atoms with E-state index in [9.17, 15) is 9.59 Å². The molecule has 2 unspecified atom stereocenters. The highest BCUT2D eigenvalue weighted by Crippen LogP contribution is 2.38.